The number of quaternary nitrogens is 1. The molecule has 4 aliphatic rings. The van der Waals surface area contributed by atoms with Crippen LogP contribution in [0, 0.1) is 11.8 Å². The number of nitrogens with one attached hydrogen (secondary N) is 1. The quantitative estimate of drug-likeness (QED) is 0.415. The van der Waals surface area contributed by atoms with Crippen LogP contribution in [0.5, 0.6) is 0 Å². The normalized spacial score (nSPS) is 28.5. The number of aromatic nitrogens is 2. The number of furan rings is 1. The molecular weight excluding hydrogens is 492 g/mol. The van der Waals surface area contributed by atoms with Gasteiger partial charge < -0.3 is 31.2 Å². The van der Waals surface area contributed by atoms with Gasteiger partial charge in [-0.2, -0.15) is 5.10 Å². The summed E-state index contributed by atoms with van der Waals surface area (Å²) in [6, 6.07) is 4.89. The maximum atomic E-state index is 13.4. The Labute approximate surface area is 202 Å². The molecule has 1 aliphatic carbocycles. The first-order valence-corrected chi connectivity index (χ1v) is 11.4. The fourth-order valence-electron chi connectivity index (χ4n) is 5.72. The van der Waals surface area contributed by atoms with E-state index in [2.05, 4.69) is 15.5 Å². The second-order valence-corrected chi connectivity index (χ2v) is 9.35. The average molecular weight is 521 g/mol. The van der Waals surface area contributed by atoms with Crippen molar-refractivity contribution < 1.29 is 45.3 Å². The molecule has 2 amide bonds. The molecule has 2 aromatic heterocycles. The number of nitrogens with zero attached hydrogens (tertiary/aromatic N) is 3. The van der Waals surface area contributed by atoms with Crippen molar-refractivity contribution in [1.82, 2.24) is 10.2 Å². The predicted molar refractivity (Wildman–Crippen MR) is 113 cm³/mol. The summed E-state index contributed by atoms with van der Waals surface area (Å²) in [5, 5.41) is 22.2. The predicted octanol–water partition coefficient (Wildman–Crippen LogP) is -0.164. The van der Waals surface area contributed by atoms with Gasteiger partial charge in [-0.05, 0) is 31.0 Å². The zero-order valence-corrected chi connectivity index (χ0v) is 19.9. The van der Waals surface area contributed by atoms with E-state index < -0.39 is 17.7 Å². The van der Waals surface area contributed by atoms with Gasteiger partial charge in [0.2, 0.25) is 0 Å². The number of rotatable bonds is 5. The number of hydrogen-bond donors (Lipinski definition) is 2. The monoisotopic (exact) mass is 520 g/mol. The highest BCUT2D eigenvalue weighted by molar-refractivity contribution is 5.83. The van der Waals surface area contributed by atoms with Crippen LogP contribution in [0.4, 0.5) is 10.6 Å². The second kappa shape index (κ2) is 9.52. The summed E-state index contributed by atoms with van der Waals surface area (Å²) in [6.07, 6.45) is 9.11. The van der Waals surface area contributed by atoms with Gasteiger partial charge in [0.05, 0.1) is 25.6 Å². The lowest BCUT2D eigenvalue weighted by Crippen LogP contribution is -3.00. The van der Waals surface area contributed by atoms with Crippen LogP contribution in [0.15, 0.2) is 41.3 Å². The molecule has 10 heteroatoms. The lowest BCUT2D eigenvalue weighted by Gasteiger charge is -2.49. The Kier molecular flexibility index (Phi) is 6.88. The Morgan fingerprint density at radius 2 is 1.94 bits per heavy atom. The van der Waals surface area contributed by atoms with E-state index in [1.165, 1.54) is 12.5 Å². The van der Waals surface area contributed by atoms with E-state index in [0.29, 0.717) is 31.0 Å². The maximum absolute atomic E-state index is 13.4. The molecule has 33 heavy (non-hydrogen) atoms. The standard InChI is InChI=1S/C23H28N4O5.BrH/c28-21(23(30,17-4-1-2-5-17)18-9-13-31-15-18)32-19-14-27(11-7-16(19)8-12-27)22(29)25-20-6-3-10-24-26-20;/h3,6,9-10,13,15-17,19,30H,1-2,4-5,7-8,11-12,14H2;1H/t16?,19?,23-,27?;/m1./s1. The van der Waals surface area contributed by atoms with Gasteiger partial charge in [-0.25, -0.2) is 14.1 Å². The van der Waals surface area contributed by atoms with Crippen LogP contribution < -0.4 is 22.3 Å². The molecule has 0 spiro atoms. The molecule has 2 aromatic rings. The fraction of sp³-hybridized carbons (Fsp3) is 0.565. The summed E-state index contributed by atoms with van der Waals surface area (Å²) < 4.78 is 11.4. The van der Waals surface area contributed by atoms with Crippen LogP contribution in [0.1, 0.15) is 44.1 Å². The molecule has 6 rings (SSSR count). The number of esters is 1. The van der Waals surface area contributed by atoms with Crippen molar-refractivity contribution in [3.8, 4) is 0 Å². The zero-order valence-electron chi connectivity index (χ0n) is 18.4. The molecule has 1 saturated carbocycles. The molecule has 3 aliphatic heterocycles. The Hall–Kier alpha value is -2.30. The number of fused-ring (bicyclic) bond motifs is 3. The lowest BCUT2D eigenvalue weighted by molar-refractivity contribution is -0.869. The number of hydrogen-bond acceptors (Lipinski definition) is 7. The number of carbonyl (C=O) groups is 2. The Morgan fingerprint density at radius 1 is 1.18 bits per heavy atom. The summed E-state index contributed by atoms with van der Waals surface area (Å²) in [5.41, 5.74) is -1.28. The fourth-order valence-corrected chi connectivity index (χ4v) is 5.72. The third kappa shape index (κ3) is 4.31. The van der Waals surface area contributed by atoms with Crippen molar-refractivity contribution >= 4 is 17.8 Å². The number of aliphatic hydroxyl groups is 1. The molecule has 178 valence electrons. The van der Waals surface area contributed by atoms with Gasteiger partial charge in [0.1, 0.15) is 6.54 Å². The third-order valence-corrected chi connectivity index (χ3v) is 7.63. The zero-order chi connectivity index (χ0) is 22.2. The average Bonchev–Trinajstić information content (AvgIpc) is 3.55. The number of amides is 2. The van der Waals surface area contributed by atoms with Crippen molar-refractivity contribution in [1.29, 1.82) is 0 Å². The molecular formula is C23H29BrN4O5. The van der Waals surface area contributed by atoms with E-state index in [0.717, 1.165) is 38.5 Å². The van der Waals surface area contributed by atoms with E-state index in [1.54, 1.807) is 24.4 Å². The molecule has 0 radical (unpaired) electrons. The number of carbonyl (C=O) groups excluding carboxylic acids is 2. The van der Waals surface area contributed by atoms with Crippen LogP contribution in [0.25, 0.3) is 0 Å². The van der Waals surface area contributed by atoms with Crippen LogP contribution in [0.3, 0.4) is 0 Å². The number of anilines is 1. The van der Waals surface area contributed by atoms with Gasteiger partial charge >= 0.3 is 12.0 Å². The first-order valence-electron chi connectivity index (χ1n) is 11.4. The van der Waals surface area contributed by atoms with E-state index in [9.17, 15) is 14.7 Å². The van der Waals surface area contributed by atoms with Crippen molar-refractivity contribution in [3.05, 3.63) is 42.5 Å². The summed E-state index contributed by atoms with van der Waals surface area (Å²) in [7, 11) is 0. The van der Waals surface area contributed by atoms with Gasteiger partial charge in [-0.15, -0.1) is 5.10 Å². The molecule has 2 bridgehead atoms. The van der Waals surface area contributed by atoms with Crippen LogP contribution in [-0.2, 0) is 15.1 Å². The highest BCUT2D eigenvalue weighted by Crippen LogP contribution is 2.43. The molecule has 2 N–H and O–H groups in total. The minimum Gasteiger partial charge on any atom is -1.00 e. The smallest absolute Gasteiger partial charge is 0.422 e. The molecule has 0 aromatic carbocycles. The Bertz CT molecular complexity index is 958. The van der Waals surface area contributed by atoms with Crippen molar-refractivity contribution in [2.45, 2.75) is 50.2 Å². The molecule has 4 fully saturated rings. The van der Waals surface area contributed by atoms with Crippen LogP contribution >= 0.6 is 0 Å². The molecule has 3 saturated heterocycles. The minimum atomic E-state index is -1.72. The summed E-state index contributed by atoms with van der Waals surface area (Å²) in [5.74, 6) is -0.226. The summed E-state index contributed by atoms with van der Waals surface area (Å²) in [6.45, 7) is 1.79. The number of halogens is 1. The Morgan fingerprint density at radius 3 is 2.58 bits per heavy atom. The largest absolute Gasteiger partial charge is 1.00 e. The summed E-state index contributed by atoms with van der Waals surface area (Å²) >= 11 is 0. The molecule has 1 unspecified atom stereocenters. The highest BCUT2D eigenvalue weighted by atomic mass is 79.9. The van der Waals surface area contributed by atoms with Crippen LogP contribution in [0.2, 0.25) is 0 Å². The molecule has 5 heterocycles. The van der Waals surface area contributed by atoms with Gasteiger partial charge in [-0.1, -0.05) is 12.8 Å². The highest BCUT2D eigenvalue weighted by Gasteiger charge is 2.55. The lowest BCUT2D eigenvalue weighted by atomic mass is 9.80. The van der Waals surface area contributed by atoms with Crippen molar-refractivity contribution in [2.24, 2.45) is 11.8 Å². The first kappa shape index (κ1) is 23.8. The van der Waals surface area contributed by atoms with E-state index >= 15 is 0 Å². The van der Waals surface area contributed by atoms with E-state index in [4.69, 9.17) is 9.15 Å². The van der Waals surface area contributed by atoms with Gasteiger partial charge in [0, 0.05) is 36.4 Å². The van der Waals surface area contributed by atoms with Gasteiger partial charge in [-0.3, -0.25) is 5.32 Å². The summed E-state index contributed by atoms with van der Waals surface area (Å²) in [4.78, 5) is 26.6. The van der Waals surface area contributed by atoms with Crippen molar-refractivity contribution in [2.75, 3.05) is 25.0 Å². The van der Waals surface area contributed by atoms with Crippen LogP contribution in [-0.4, -0.2) is 57.5 Å². The van der Waals surface area contributed by atoms with Gasteiger partial charge in [0.15, 0.2) is 17.5 Å². The third-order valence-electron chi connectivity index (χ3n) is 7.63. The Balaban J connectivity index is 0.00000259. The van der Waals surface area contributed by atoms with Gasteiger partial charge in [0.25, 0.3) is 0 Å². The molecule has 9 nitrogen and oxygen atoms in total. The van der Waals surface area contributed by atoms with E-state index in [1.807, 2.05) is 0 Å². The number of piperidine rings is 3. The van der Waals surface area contributed by atoms with Crippen molar-refractivity contribution in [3.63, 3.8) is 0 Å². The minimum absolute atomic E-state index is 0. The topological polar surface area (TPSA) is 115 Å². The number of urea groups is 1. The molecule has 2 atom stereocenters. The maximum Gasteiger partial charge on any atom is 0.422 e. The SMILES string of the molecule is O=C(OC1C[N+]2(C(=O)Nc3cccnn3)CCC1CC2)[C@](O)(c1ccoc1)C1CCCC1.[Br-]. The van der Waals surface area contributed by atoms with E-state index in [-0.39, 0.29) is 39.3 Å². The first-order chi connectivity index (χ1) is 15.5. The second-order valence-electron chi connectivity index (χ2n) is 9.35. The number of ether oxygens (including phenoxy) is 1.